The van der Waals surface area contributed by atoms with E-state index in [4.69, 9.17) is 0 Å². The van der Waals surface area contributed by atoms with E-state index in [0.29, 0.717) is 29.7 Å². The van der Waals surface area contributed by atoms with Crippen molar-refractivity contribution in [2.75, 3.05) is 32.4 Å². The number of thioether (sulfide) groups is 1. The van der Waals surface area contributed by atoms with Gasteiger partial charge in [0.05, 0.1) is 10.8 Å². The molecular formula is C20H37N5O2S. The predicted octanol–water partition coefficient (Wildman–Crippen LogP) is 3.30. The first kappa shape index (κ1) is 24.8. The van der Waals surface area contributed by atoms with Crippen LogP contribution in [0.15, 0.2) is 9.98 Å². The molecule has 1 unspecified atom stereocenters. The maximum atomic E-state index is 11.9. The highest BCUT2D eigenvalue weighted by atomic mass is 32.2. The van der Waals surface area contributed by atoms with Crippen LogP contribution in [0.3, 0.4) is 0 Å². The summed E-state index contributed by atoms with van der Waals surface area (Å²) in [5.41, 5.74) is 0. The van der Waals surface area contributed by atoms with E-state index in [9.17, 15) is 9.59 Å². The fraction of sp³-hybridized carbons (Fsp3) is 0.800. The number of carbonyl (C=O) groups excluding carboxylic acids is 2. The lowest BCUT2D eigenvalue weighted by Crippen LogP contribution is -2.47. The summed E-state index contributed by atoms with van der Waals surface area (Å²) in [6.45, 7) is 8.45. The monoisotopic (exact) mass is 411 g/mol. The molecule has 0 aromatic carbocycles. The topological polar surface area (TPSA) is 86.2 Å². The number of likely N-dealkylation sites (tertiary alicyclic amines) is 1. The van der Waals surface area contributed by atoms with Crippen LogP contribution in [0.2, 0.25) is 0 Å². The number of piperidine rings is 1. The van der Waals surface area contributed by atoms with E-state index >= 15 is 0 Å². The first-order valence-electron chi connectivity index (χ1n) is 10.4. The number of rotatable bonds is 11. The minimum atomic E-state index is -0.313. The molecular weight excluding hydrogens is 374 g/mol. The Bertz CT molecular complexity index is 531. The summed E-state index contributed by atoms with van der Waals surface area (Å²) in [5, 5.41) is 6.78. The van der Waals surface area contributed by atoms with Gasteiger partial charge in [-0.25, -0.2) is 4.79 Å². The lowest BCUT2D eigenvalue weighted by Gasteiger charge is -2.35. The second-order valence-corrected chi connectivity index (χ2v) is 8.26. The Labute approximate surface area is 174 Å². The second-order valence-electron chi connectivity index (χ2n) is 7.09. The van der Waals surface area contributed by atoms with Gasteiger partial charge in [0.15, 0.2) is 6.29 Å². The van der Waals surface area contributed by atoms with Crippen LogP contribution < -0.4 is 10.6 Å². The molecule has 7 nitrogen and oxygen atoms in total. The number of hydrogen-bond donors (Lipinski definition) is 2. The highest BCUT2D eigenvalue weighted by Crippen LogP contribution is 2.21. The molecule has 1 aliphatic heterocycles. The molecule has 0 saturated carbocycles. The largest absolute Gasteiger partial charge is 0.341 e. The molecule has 1 aliphatic rings. The lowest BCUT2D eigenvalue weighted by molar-refractivity contribution is -0.116. The molecule has 1 atom stereocenters. The number of aliphatic imine (C=N–C) groups is 2. The molecule has 1 heterocycles. The zero-order chi connectivity index (χ0) is 20.8. The van der Waals surface area contributed by atoms with E-state index in [2.05, 4.69) is 32.4 Å². The Kier molecular flexibility index (Phi) is 13.0. The minimum absolute atomic E-state index is 0.0709. The van der Waals surface area contributed by atoms with Crippen molar-refractivity contribution in [2.45, 2.75) is 65.6 Å². The van der Waals surface area contributed by atoms with E-state index < -0.39 is 0 Å². The molecule has 2 amide bonds. The van der Waals surface area contributed by atoms with E-state index in [0.717, 1.165) is 45.2 Å². The highest BCUT2D eigenvalue weighted by molar-refractivity contribution is 8.14. The average Bonchev–Trinajstić information content (AvgIpc) is 2.70. The normalized spacial score (nSPS) is 17.8. The molecule has 0 aromatic rings. The van der Waals surface area contributed by atoms with Crippen molar-refractivity contribution in [3.05, 3.63) is 0 Å². The number of urea groups is 1. The average molecular weight is 412 g/mol. The van der Waals surface area contributed by atoms with Crippen LogP contribution in [-0.4, -0.2) is 66.7 Å². The number of nitrogens with zero attached hydrogens (tertiary/aromatic N) is 3. The lowest BCUT2D eigenvalue weighted by atomic mass is 9.93. The third-order valence-electron chi connectivity index (χ3n) is 4.84. The van der Waals surface area contributed by atoms with Crippen molar-refractivity contribution in [1.29, 1.82) is 0 Å². The van der Waals surface area contributed by atoms with E-state index in [1.807, 2.05) is 20.2 Å². The second kappa shape index (κ2) is 14.7. The van der Waals surface area contributed by atoms with Crippen molar-refractivity contribution in [2.24, 2.45) is 15.9 Å². The maximum absolute atomic E-state index is 11.9. The molecule has 1 saturated heterocycles. The van der Waals surface area contributed by atoms with Crippen molar-refractivity contribution >= 4 is 34.8 Å². The van der Waals surface area contributed by atoms with Crippen molar-refractivity contribution < 1.29 is 9.59 Å². The summed E-state index contributed by atoms with van der Waals surface area (Å²) in [6.07, 6.45) is 7.95. The Balaban J connectivity index is 2.25. The molecule has 0 radical (unpaired) electrons. The first-order chi connectivity index (χ1) is 13.5. The standard InChI is InChI=1S/C20H37N5O2S/c1-5-7-11-22-19(21-4)25-13-9-17(10-14-25)8-12-23-20(27)24-16(3)28-15-18(26)6-2/h11,17,19,21H,5-10,12-15H2,1-4H3,(H,23,27)/b22-11-,24-16-. The molecule has 1 rings (SSSR count). The van der Waals surface area contributed by atoms with Crippen LogP contribution in [-0.2, 0) is 4.79 Å². The Hall–Kier alpha value is -1.25. The highest BCUT2D eigenvalue weighted by Gasteiger charge is 2.23. The van der Waals surface area contributed by atoms with Gasteiger partial charge in [-0.2, -0.15) is 4.99 Å². The number of carbonyl (C=O) groups is 2. The molecule has 0 aliphatic carbocycles. The molecule has 0 aromatic heterocycles. The van der Waals surface area contributed by atoms with Crippen LogP contribution in [0, 0.1) is 5.92 Å². The molecule has 0 bridgehead atoms. The summed E-state index contributed by atoms with van der Waals surface area (Å²) in [4.78, 5) is 34.2. The van der Waals surface area contributed by atoms with Gasteiger partial charge in [-0.3, -0.25) is 20.0 Å². The Morgan fingerprint density at radius 2 is 2.00 bits per heavy atom. The number of amides is 2. The fourth-order valence-corrected chi connectivity index (χ4v) is 3.75. The molecule has 8 heteroatoms. The van der Waals surface area contributed by atoms with E-state index in [1.54, 1.807) is 6.92 Å². The maximum Gasteiger partial charge on any atom is 0.341 e. The van der Waals surface area contributed by atoms with Crippen molar-refractivity contribution in [3.8, 4) is 0 Å². The van der Waals surface area contributed by atoms with E-state index in [1.165, 1.54) is 11.8 Å². The summed E-state index contributed by atoms with van der Waals surface area (Å²) in [6, 6.07) is -0.313. The van der Waals surface area contributed by atoms with Gasteiger partial charge in [-0.05, 0) is 45.6 Å². The van der Waals surface area contributed by atoms with Gasteiger partial charge in [-0.1, -0.05) is 20.3 Å². The van der Waals surface area contributed by atoms with Gasteiger partial charge < -0.3 is 5.32 Å². The number of Topliss-reactive ketones (excluding diaryl/α,β-unsaturated/α-hetero) is 1. The Morgan fingerprint density at radius 1 is 1.29 bits per heavy atom. The number of nitrogens with one attached hydrogen (secondary N) is 2. The third-order valence-corrected chi connectivity index (χ3v) is 5.82. The number of unbranched alkanes of at least 4 members (excludes halogenated alkanes) is 1. The minimum Gasteiger partial charge on any atom is -0.336 e. The summed E-state index contributed by atoms with van der Waals surface area (Å²) >= 11 is 1.33. The predicted molar refractivity (Wildman–Crippen MR) is 119 cm³/mol. The fourth-order valence-electron chi connectivity index (χ4n) is 3.03. The van der Waals surface area contributed by atoms with Gasteiger partial charge in [0.1, 0.15) is 5.78 Å². The molecule has 0 spiro atoms. The smallest absolute Gasteiger partial charge is 0.336 e. The zero-order valence-electron chi connectivity index (χ0n) is 17.9. The number of hydrogen-bond acceptors (Lipinski definition) is 6. The first-order valence-corrected chi connectivity index (χ1v) is 11.4. The van der Waals surface area contributed by atoms with Crippen molar-refractivity contribution in [3.63, 3.8) is 0 Å². The number of ketones is 1. The summed E-state index contributed by atoms with van der Waals surface area (Å²) in [7, 11) is 1.95. The quantitative estimate of drug-likeness (QED) is 0.402. The van der Waals surface area contributed by atoms with Crippen LogP contribution in [0.5, 0.6) is 0 Å². The summed E-state index contributed by atoms with van der Waals surface area (Å²) in [5.74, 6) is 1.17. The summed E-state index contributed by atoms with van der Waals surface area (Å²) < 4.78 is 0. The molecule has 160 valence electrons. The zero-order valence-corrected chi connectivity index (χ0v) is 18.7. The van der Waals surface area contributed by atoms with Gasteiger partial charge in [-0.15, -0.1) is 11.8 Å². The van der Waals surface area contributed by atoms with Gasteiger partial charge in [0.25, 0.3) is 0 Å². The van der Waals surface area contributed by atoms with Crippen LogP contribution in [0.4, 0.5) is 4.79 Å². The molecule has 2 N–H and O–H groups in total. The van der Waals surface area contributed by atoms with Crippen molar-refractivity contribution in [1.82, 2.24) is 15.5 Å². The molecule has 28 heavy (non-hydrogen) atoms. The van der Waals surface area contributed by atoms with Gasteiger partial charge >= 0.3 is 6.03 Å². The molecule has 1 fully saturated rings. The van der Waals surface area contributed by atoms with Gasteiger partial charge in [0, 0.05) is 32.3 Å². The van der Waals surface area contributed by atoms with Gasteiger partial charge in [0.2, 0.25) is 0 Å². The van der Waals surface area contributed by atoms with Crippen LogP contribution in [0.25, 0.3) is 0 Å². The Morgan fingerprint density at radius 3 is 2.61 bits per heavy atom. The third kappa shape index (κ3) is 10.3. The SMILES string of the molecule is CCC/C=N\C(NC)N1CCC(CCNC(=O)/N=C(/C)SCC(=O)CC)CC1. The van der Waals surface area contributed by atoms with Crippen LogP contribution >= 0.6 is 11.8 Å². The van der Waals surface area contributed by atoms with E-state index in [-0.39, 0.29) is 18.1 Å². The van der Waals surface area contributed by atoms with Crippen LogP contribution in [0.1, 0.15) is 59.3 Å².